The van der Waals surface area contributed by atoms with Crippen LogP contribution >= 0.6 is 0 Å². The Morgan fingerprint density at radius 3 is 2.53 bits per heavy atom. The Morgan fingerprint density at radius 1 is 1.33 bits per heavy atom. The van der Waals surface area contributed by atoms with Crippen LogP contribution in [0.25, 0.3) is 0 Å². The van der Waals surface area contributed by atoms with Gasteiger partial charge in [0.05, 0.1) is 5.56 Å². The molecule has 2 nitrogen and oxygen atoms in total. The Hall–Kier alpha value is -1.07. The van der Waals surface area contributed by atoms with Gasteiger partial charge in [0.2, 0.25) is 0 Å². The van der Waals surface area contributed by atoms with Gasteiger partial charge in [0.1, 0.15) is 6.04 Å². The van der Waals surface area contributed by atoms with Crippen LogP contribution in [0.3, 0.4) is 0 Å². The van der Waals surface area contributed by atoms with E-state index in [9.17, 15) is 13.2 Å². The minimum atomic E-state index is -4.32. The van der Waals surface area contributed by atoms with Crippen molar-refractivity contribution in [2.24, 2.45) is 0 Å². The zero-order valence-electron chi connectivity index (χ0n) is 8.09. The summed E-state index contributed by atoms with van der Waals surface area (Å²) in [7, 11) is 0. The standard InChI is InChI=1S/C10H12F3NO/c11-10(12,13)8-3-1-2-7(6-8)9(14)4-5-15/h1-3,6,9,15H,4-5,14H2/p+1/t9-/m0/s1. The van der Waals surface area contributed by atoms with Crippen molar-refractivity contribution in [2.45, 2.75) is 18.6 Å². The fourth-order valence-electron chi connectivity index (χ4n) is 1.29. The average Bonchev–Trinajstić information content (AvgIpc) is 2.17. The topological polar surface area (TPSA) is 47.9 Å². The molecule has 0 saturated heterocycles. The number of benzene rings is 1. The Labute approximate surface area is 85.5 Å². The number of aliphatic hydroxyl groups is 1. The summed E-state index contributed by atoms with van der Waals surface area (Å²) in [5.74, 6) is 0. The van der Waals surface area contributed by atoms with Gasteiger partial charge in [-0.3, -0.25) is 0 Å². The van der Waals surface area contributed by atoms with E-state index in [0.29, 0.717) is 12.0 Å². The number of alkyl halides is 3. The summed E-state index contributed by atoms with van der Waals surface area (Å²) in [6, 6.07) is 4.73. The lowest BCUT2D eigenvalue weighted by Gasteiger charge is -2.11. The van der Waals surface area contributed by atoms with E-state index in [1.165, 1.54) is 6.07 Å². The highest BCUT2D eigenvalue weighted by atomic mass is 19.4. The number of hydrogen-bond acceptors (Lipinski definition) is 1. The second-order valence-electron chi connectivity index (χ2n) is 3.33. The summed E-state index contributed by atoms with van der Waals surface area (Å²) in [6.45, 7) is -0.0790. The molecule has 0 bridgehead atoms. The van der Waals surface area contributed by atoms with Crippen molar-refractivity contribution in [1.82, 2.24) is 0 Å². The van der Waals surface area contributed by atoms with Crippen LogP contribution in [-0.2, 0) is 6.18 Å². The van der Waals surface area contributed by atoms with Crippen LogP contribution in [0.2, 0.25) is 0 Å². The molecular formula is C10H13F3NO+. The minimum Gasteiger partial charge on any atom is -0.396 e. The highest BCUT2D eigenvalue weighted by Gasteiger charge is 2.30. The molecule has 0 aromatic heterocycles. The van der Waals surface area contributed by atoms with E-state index in [-0.39, 0.29) is 12.6 Å². The fourth-order valence-corrected chi connectivity index (χ4v) is 1.29. The van der Waals surface area contributed by atoms with Crippen molar-refractivity contribution >= 4 is 0 Å². The second-order valence-corrected chi connectivity index (χ2v) is 3.33. The molecule has 15 heavy (non-hydrogen) atoms. The number of aliphatic hydroxyl groups excluding tert-OH is 1. The molecule has 0 aliphatic rings. The van der Waals surface area contributed by atoms with Crippen molar-refractivity contribution in [3.8, 4) is 0 Å². The van der Waals surface area contributed by atoms with Crippen LogP contribution in [0.5, 0.6) is 0 Å². The molecule has 0 aliphatic carbocycles. The molecule has 5 heteroatoms. The van der Waals surface area contributed by atoms with Gasteiger partial charge in [-0.2, -0.15) is 13.2 Å². The Bertz CT molecular complexity index is 325. The zero-order valence-corrected chi connectivity index (χ0v) is 8.09. The summed E-state index contributed by atoms with van der Waals surface area (Å²) in [5, 5.41) is 8.66. The van der Waals surface area contributed by atoms with Crippen LogP contribution in [0.1, 0.15) is 23.6 Å². The third kappa shape index (κ3) is 3.21. The quantitative estimate of drug-likeness (QED) is 0.794. The van der Waals surface area contributed by atoms with Gasteiger partial charge in [-0.15, -0.1) is 0 Å². The van der Waals surface area contributed by atoms with Gasteiger partial charge in [0, 0.05) is 18.6 Å². The molecule has 0 radical (unpaired) electrons. The first-order valence-corrected chi connectivity index (χ1v) is 4.56. The number of hydrogen-bond donors (Lipinski definition) is 2. The lowest BCUT2D eigenvalue weighted by molar-refractivity contribution is -0.428. The van der Waals surface area contributed by atoms with Gasteiger partial charge in [0.25, 0.3) is 0 Å². The molecule has 0 unspecified atom stereocenters. The van der Waals surface area contributed by atoms with E-state index >= 15 is 0 Å². The maximum atomic E-state index is 12.3. The Morgan fingerprint density at radius 2 is 2.00 bits per heavy atom. The maximum Gasteiger partial charge on any atom is 0.416 e. The van der Waals surface area contributed by atoms with Crippen molar-refractivity contribution in [3.63, 3.8) is 0 Å². The monoisotopic (exact) mass is 220 g/mol. The second kappa shape index (κ2) is 4.63. The van der Waals surface area contributed by atoms with E-state index in [4.69, 9.17) is 5.11 Å². The highest BCUT2D eigenvalue weighted by molar-refractivity contribution is 5.26. The van der Waals surface area contributed by atoms with Crippen molar-refractivity contribution in [2.75, 3.05) is 6.61 Å². The van der Waals surface area contributed by atoms with Crippen molar-refractivity contribution in [3.05, 3.63) is 35.4 Å². The van der Waals surface area contributed by atoms with Crippen LogP contribution in [-0.4, -0.2) is 11.7 Å². The first-order valence-electron chi connectivity index (χ1n) is 4.56. The van der Waals surface area contributed by atoms with Gasteiger partial charge in [0.15, 0.2) is 0 Å². The van der Waals surface area contributed by atoms with Crippen LogP contribution in [0.4, 0.5) is 13.2 Å². The van der Waals surface area contributed by atoms with Crippen LogP contribution in [0.15, 0.2) is 24.3 Å². The summed E-state index contributed by atoms with van der Waals surface area (Å²) < 4.78 is 37.0. The van der Waals surface area contributed by atoms with Gasteiger partial charge in [-0.05, 0) is 12.1 Å². The first kappa shape index (κ1) is 12.0. The zero-order chi connectivity index (χ0) is 11.5. The van der Waals surface area contributed by atoms with Crippen molar-refractivity contribution in [1.29, 1.82) is 0 Å². The Balaban J connectivity index is 2.92. The molecule has 0 heterocycles. The van der Waals surface area contributed by atoms with Gasteiger partial charge in [-0.25, -0.2) is 0 Å². The minimum absolute atomic E-state index is 0.0790. The molecule has 0 spiro atoms. The molecule has 1 aromatic carbocycles. The molecular weight excluding hydrogens is 207 g/mol. The van der Waals surface area contributed by atoms with Crippen molar-refractivity contribution < 1.29 is 24.0 Å². The highest BCUT2D eigenvalue weighted by Crippen LogP contribution is 2.30. The number of rotatable bonds is 3. The summed E-state index contributed by atoms with van der Waals surface area (Å²) in [6.07, 6.45) is -3.96. The lowest BCUT2D eigenvalue weighted by Crippen LogP contribution is -2.53. The van der Waals surface area contributed by atoms with Gasteiger partial charge >= 0.3 is 6.18 Å². The summed E-state index contributed by atoms with van der Waals surface area (Å²) >= 11 is 0. The first-order chi connectivity index (χ1) is 6.95. The molecule has 0 aliphatic heterocycles. The molecule has 4 N–H and O–H groups in total. The van der Waals surface area contributed by atoms with E-state index < -0.39 is 11.7 Å². The third-order valence-electron chi connectivity index (χ3n) is 2.16. The maximum absolute atomic E-state index is 12.3. The van der Waals surface area contributed by atoms with Crippen LogP contribution in [0, 0.1) is 0 Å². The lowest BCUT2D eigenvalue weighted by atomic mass is 10.0. The molecule has 84 valence electrons. The van der Waals surface area contributed by atoms with Gasteiger partial charge < -0.3 is 10.8 Å². The third-order valence-corrected chi connectivity index (χ3v) is 2.16. The molecule has 0 fully saturated rings. The molecule has 0 amide bonds. The van der Waals surface area contributed by atoms with E-state index in [1.807, 2.05) is 0 Å². The van der Waals surface area contributed by atoms with Gasteiger partial charge in [-0.1, -0.05) is 12.1 Å². The molecule has 1 aromatic rings. The summed E-state index contributed by atoms with van der Waals surface area (Å²) in [4.78, 5) is 0. The molecule has 1 rings (SSSR count). The summed E-state index contributed by atoms with van der Waals surface area (Å²) in [5.41, 5.74) is 3.52. The smallest absolute Gasteiger partial charge is 0.396 e. The van der Waals surface area contributed by atoms with E-state index in [0.717, 1.165) is 12.1 Å². The van der Waals surface area contributed by atoms with E-state index in [1.54, 1.807) is 6.07 Å². The molecule has 0 saturated carbocycles. The molecule has 1 atom stereocenters. The number of halogens is 3. The predicted molar refractivity (Wildman–Crippen MR) is 48.8 cm³/mol. The number of quaternary nitrogens is 1. The Kier molecular flexibility index (Phi) is 3.71. The normalized spacial score (nSPS) is 13.9. The largest absolute Gasteiger partial charge is 0.416 e. The SMILES string of the molecule is [NH3+][C@@H](CCO)c1cccc(C(F)(F)F)c1. The predicted octanol–water partition coefficient (Wildman–Crippen LogP) is 1.37. The van der Waals surface area contributed by atoms with Crippen LogP contribution < -0.4 is 5.73 Å². The average molecular weight is 220 g/mol. The van der Waals surface area contributed by atoms with E-state index in [2.05, 4.69) is 5.73 Å². The fraction of sp³-hybridized carbons (Fsp3) is 0.400.